The van der Waals surface area contributed by atoms with Gasteiger partial charge in [-0.1, -0.05) is 23.7 Å². The number of amides is 3. The summed E-state index contributed by atoms with van der Waals surface area (Å²) in [6, 6.07) is 6.41. The highest BCUT2D eigenvalue weighted by Crippen LogP contribution is 2.34. The zero-order valence-electron chi connectivity index (χ0n) is 10.2. The Balaban J connectivity index is 1.98. The Morgan fingerprint density at radius 1 is 1.21 bits per heavy atom. The fourth-order valence-corrected chi connectivity index (χ4v) is 2.75. The van der Waals surface area contributed by atoms with Gasteiger partial charge in [-0.25, -0.2) is 9.69 Å². The molecule has 0 saturated carbocycles. The Labute approximate surface area is 115 Å². The van der Waals surface area contributed by atoms with Gasteiger partial charge < -0.3 is 10.1 Å². The summed E-state index contributed by atoms with van der Waals surface area (Å²) >= 11 is 6.06. The van der Waals surface area contributed by atoms with Crippen LogP contribution in [0.1, 0.15) is 12.8 Å². The predicted molar refractivity (Wildman–Crippen MR) is 70.3 cm³/mol. The van der Waals surface area contributed by atoms with Gasteiger partial charge in [0.2, 0.25) is 0 Å². The van der Waals surface area contributed by atoms with Crippen LogP contribution in [0.15, 0.2) is 24.3 Å². The van der Waals surface area contributed by atoms with Crippen LogP contribution in [0.25, 0.3) is 0 Å². The molecule has 1 spiro atoms. The van der Waals surface area contributed by atoms with E-state index in [2.05, 4.69) is 5.32 Å². The van der Waals surface area contributed by atoms with E-state index in [9.17, 15) is 9.59 Å². The summed E-state index contributed by atoms with van der Waals surface area (Å²) < 4.78 is 5.26. The van der Waals surface area contributed by atoms with Crippen LogP contribution in [0.2, 0.25) is 5.02 Å². The summed E-state index contributed by atoms with van der Waals surface area (Å²) in [5, 5.41) is 3.18. The highest BCUT2D eigenvalue weighted by Gasteiger charge is 2.52. The zero-order chi connectivity index (χ0) is 13.5. The van der Waals surface area contributed by atoms with Crippen molar-refractivity contribution in [3.05, 3.63) is 29.3 Å². The van der Waals surface area contributed by atoms with E-state index in [4.69, 9.17) is 16.3 Å². The number of halogens is 1. The van der Waals surface area contributed by atoms with Gasteiger partial charge in [0, 0.05) is 26.1 Å². The van der Waals surface area contributed by atoms with E-state index in [1.807, 2.05) is 0 Å². The molecule has 2 fully saturated rings. The number of nitrogens with zero attached hydrogens (tertiary/aromatic N) is 1. The van der Waals surface area contributed by atoms with Crippen molar-refractivity contribution in [3.8, 4) is 0 Å². The number of benzene rings is 1. The molecule has 0 aromatic heterocycles. The average molecular weight is 281 g/mol. The maximum Gasteiger partial charge on any atom is 0.329 e. The Morgan fingerprint density at radius 2 is 1.89 bits per heavy atom. The average Bonchev–Trinajstić information content (AvgIpc) is 2.63. The number of nitrogens with one attached hydrogen (secondary N) is 1. The number of carbonyl (C=O) groups excluding carboxylic acids is 2. The van der Waals surface area contributed by atoms with Gasteiger partial charge in [-0.2, -0.15) is 0 Å². The maximum absolute atomic E-state index is 12.6. The fraction of sp³-hybridized carbons (Fsp3) is 0.385. The highest BCUT2D eigenvalue weighted by atomic mass is 35.5. The molecule has 0 aliphatic carbocycles. The number of hydrogen-bond donors (Lipinski definition) is 1. The first kappa shape index (κ1) is 12.4. The van der Waals surface area contributed by atoms with Gasteiger partial charge in [0.15, 0.2) is 0 Å². The van der Waals surface area contributed by atoms with E-state index in [0.29, 0.717) is 36.8 Å². The van der Waals surface area contributed by atoms with Crippen molar-refractivity contribution in [2.75, 3.05) is 18.1 Å². The van der Waals surface area contributed by atoms with Crippen LogP contribution in [0.3, 0.4) is 0 Å². The van der Waals surface area contributed by atoms with E-state index in [1.165, 1.54) is 0 Å². The maximum atomic E-state index is 12.6. The first-order valence-corrected chi connectivity index (χ1v) is 6.51. The lowest BCUT2D eigenvalue weighted by molar-refractivity contribution is -0.125. The van der Waals surface area contributed by atoms with Crippen LogP contribution in [-0.2, 0) is 9.53 Å². The van der Waals surface area contributed by atoms with Crippen molar-refractivity contribution in [2.45, 2.75) is 18.4 Å². The number of anilines is 1. The van der Waals surface area contributed by atoms with Gasteiger partial charge in [0.25, 0.3) is 5.91 Å². The highest BCUT2D eigenvalue weighted by molar-refractivity contribution is 6.36. The topological polar surface area (TPSA) is 58.6 Å². The second-order valence-electron chi connectivity index (χ2n) is 4.72. The van der Waals surface area contributed by atoms with Crippen LogP contribution in [0, 0.1) is 0 Å². The molecule has 2 aliphatic heterocycles. The lowest BCUT2D eigenvalue weighted by Crippen LogP contribution is -2.51. The number of carbonyl (C=O) groups is 2. The van der Waals surface area contributed by atoms with Gasteiger partial charge >= 0.3 is 6.03 Å². The lowest BCUT2D eigenvalue weighted by atomic mass is 9.90. The third-order valence-corrected chi connectivity index (χ3v) is 3.92. The Morgan fingerprint density at radius 3 is 2.58 bits per heavy atom. The molecule has 3 amide bonds. The molecule has 0 atom stereocenters. The van der Waals surface area contributed by atoms with Crippen molar-refractivity contribution < 1.29 is 14.3 Å². The first-order valence-electron chi connectivity index (χ1n) is 6.13. The molecule has 3 rings (SSSR count). The van der Waals surface area contributed by atoms with E-state index in [0.717, 1.165) is 4.90 Å². The number of ether oxygens (including phenoxy) is 1. The lowest BCUT2D eigenvalue weighted by Gasteiger charge is -2.30. The molecule has 1 N–H and O–H groups in total. The Kier molecular flexibility index (Phi) is 2.95. The van der Waals surface area contributed by atoms with Crippen LogP contribution in [-0.4, -0.2) is 30.7 Å². The minimum absolute atomic E-state index is 0.242. The minimum Gasteiger partial charge on any atom is -0.381 e. The summed E-state index contributed by atoms with van der Waals surface area (Å²) in [6.07, 6.45) is 0.997. The number of imide groups is 1. The van der Waals surface area contributed by atoms with E-state index in [-0.39, 0.29) is 5.91 Å². The van der Waals surface area contributed by atoms with Gasteiger partial charge in [-0.05, 0) is 12.1 Å². The van der Waals surface area contributed by atoms with Gasteiger partial charge in [0.05, 0.1) is 10.7 Å². The number of rotatable bonds is 1. The van der Waals surface area contributed by atoms with Crippen LogP contribution < -0.4 is 10.2 Å². The van der Waals surface area contributed by atoms with Crippen molar-refractivity contribution >= 4 is 29.2 Å². The Hall–Kier alpha value is -1.59. The van der Waals surface area contributed by atoms with Crippen LogP contribution >= 0.6 is 11.6 Å². The fourth-order valence-electron chi connectivity index (χ4n) is 2.53. The number of urea groups is 1. The van der Waals surface area contributed by atoms with Crippen molar-refractivity contribution in [2.24, 2.45) is 0 Å². The number of para-hydroxylation sites is 1. The van der Waals surface area contributed by atoms with Crippen LogP contribution in [0.5, 0.6) is 0 Å². The molecule has 0 bridgehead atoms. The molecule has 2 heterocycles. The van der Waals surface area contributed by atoms with Gasteiger partial charge in [-0.15, -0.1) is 0 Å². The molecule has 2 saturated heterocycles. The standard InChI is InChI=1S/C13H13ClN2O3/c14-9-3-1-2-4-10(9)16-11(17)13(15-12(16)18)5-7-19-8-6-13/h1-4H,5-8H2,(H,15,18). The van der Waals surface area contributed by atoms with Crippen molar-refractivity contribution in [3.63, 3.8) is 0 Å². The van der Waals surface area contributed by atoms with E-state index in [1.54, 1.807) is 24.3 Å². The third-order valence-electron chi connectivity index (χ3n) is 3.60. The molecule has 19 heavy (non-hydrogen) atoms. The normalized spacial score (nSPS) is 21.8. The predicted octanol–water partition coefficient (Wildman–Crippen LogP) is 1.95. The largest absolute Gasteiger partial charge is 0.381 e. The summed E-state index contributed by atoms with van der Waals surface area (Å²) in [5.74, 6) is -0.242. The smallest absolute Gasteiger partial charge is 0.329 e. The molecule has 0 unspecified atom stereocenters. The van der Waals surface area contributed by atoms with Crippen LogP contribution in [0.4, 0.5) is 10.5 Å². The molecular weight excluding hydrogens is 268 g/mol. The summed E-state index contributed by atoms with van der Waals surface area (Å²) in [7, 11) is 0. The van der Waals surface area contributed by atoms with Gasteiger partial charge in [-0.3, -0.25) is 4.79 Å². The molecule has 0 radical (unpaired) electrons. The second kappa shape index (κ2) is 4.51. The molecule has 2 aliphatic rings. The van der Waals surface area contributed by atoms with E-state index >= 15 is 0 Å². The quantitative estimate of drug-likeness (QED) is 0.800. The Bertz CT molecular complexity index is 540. The zero-order valence-corrected chi connectivity index (χ0v) is 10.9. The second-order valence-corrected chi connectivity index (χ2v) is 5.12. The third kappa shape index (κ3) is 1.89. The molecule has 5 nitrogen and oxygen atoms in total. The first-order chi connectivity index (χ1) is 9.14. The molecule has 1 aromatic rings. The van der Waals surface area contributed by atoms with Crippen molar-refractivity contribution in [1.82, 2.24) is 5.32 Å². The van der Waals surface area contributed by atoms with E-state index < -0.39 is 11.6 Å². The summed E-state index contributed by atoms with van der Waals surface area (Å²) in [4.78, 5) is 25.8. The SMILES string of the molecule is O=C1NC2(CCOCC2)C(=O)N1c1ccccc1Cl. The minimum atomic E-state index is -0.825. The van der Waals surface area contributed by atoms with Crippen molar-refractivity contribution in [1.29, 1.82) is 0 Å². The number of hydrogen-bond acceptors (Lipinski definition) is 3. The summed E-state index contributed by atoms with van der Waals surface area (Å²) in [6.45, 7) is 0.949. The summed E-state index contributed by atoms with van der Waals surface area (Å²) in [5.41, 5.74) is -0.399. The monoisotopic (exact) mass is 280 g/mol. The molecule has 6 heteroatoms. The molecule has 1 aromatic carbocycles. The van der Waals surface area contributed by atoms with Gasteiger partial charge in [0.1, 0.15) is 5.54 Å². The molecule has 100 valence electrons. The molecular formula is C13H13ClN2O3.